The van der Waals surface area contributed by atoms with Gasteiger partial charge in [-0.25, -0.2) is 0 Å². The van der Waals surface area contributed by atoms with Crippen LogP contribution in [0.1, 0.15) is 22.4 Å². The lowest BCUT2D eigenvalue weighted by molar-refractivity contribution is -0.132. The minimum absolute atomic E-state index is 0.171. The number of hydrogen-bond acceptors (Lipinski definition) is 3. The van der Waals surface area contributed by atoms with Gasteiger partial charge >= 0.3 is 0 Å². The van der Waals surface area contributed by atoms with Gasteiger partial charge < -0.3 is 10.0 Å². The first kappa shape index (κ1) is 13.2. The van der Waals surface area contributed by atoms with Gasteiger partial charge in [-0.3, -0.25) is 4.79 Å². The van der Waals surface area contributed by atoms with Gasteiger partial charge in [0, 0.05) is 24.4 Å². The summed E-state index contributed by atoms with van der Waals surface area (Å²) in [6.07, 6.45) is 2.02. The summed E-state index contributed by atoms with van der Waals surface area (Å²) in [5.74, 6) is 0.448. The summed E-state index contributed by atoms with van der Waals surface area (Å²) in [7, 11) is 0. The van der Waals surface area contributed by atoms with E-state index in [0.717, 1.165) is 25.1 Å². The Bertz CT molecular complexity index is 620. The lowest BCUT2D eigenvalue weighted by atomic mass is 10.1. The summed E-state index contributed by atoms with van der Waals surface area (Å²) in [5, 5.41) is 11.8. The van der Waals surface area contributed by atoms with E-state index in [4.69, 9.17) is 0 Å². The molecule has 0 radical (unpaired) electrons. The second kappa shape index (κ2) is 5.67. The SMILES string of the molecule is O=C(CCc1ccccc1O)N1CCc2sccc2C1. The minimum Gasteiger partial charge on any atom is -0.508 e. The highest BCUT2D eigenvalue weighted by Crippen LogP contribution is 2.25. The first-order valence-corrected chi connectivity index (χ1v) is 7.72. The van der Waals surface area contributed by atoms with Crippen molar-refractivity contribution in [2.24, 2.45) is 0 Å². The Morgan fingerprint density at radius 3 is 3.00 bits per heavy atom. The molecule has 0 saturated heterocycles. The van der Waals surface area contributed by atoms with Crippen LogP contribution >= 0.6 is 11.3 Å². The molecule has 20 heavy (non-hydrogen) atoms. The van der Waals surface area contributed by atoms with Gasteiger partial charge in [-0.15, -0.1) is 11.3 Å². The van der Waals surface area contributed by atoms with Gasteiger partial charge in [0.05, 0.1) is 0 Å². The number of carbonyl (C=O) groups excluding carboxylic acids is 1. The molecule has 0 saturated carbocycles. The van der Waals surface area contributed by atoms with Crippen LogP contribution in [-0.2, 0) is 24.2 Å². The summed E-state index contributed by atoms with van der Waals surface area (Å²) in [6.45, 7) is 1.55. The van der Waals surface area contributed by atoms with Crippen LogP contribution in [0.15, 0.2) is 35.7 Å². The molecule has 3 nitrogen and oxygen atoms in total. The molecule has 3 rings (SSSR count). The molecule has 0 fully saturated rings. The lowest BCUT2D eigenvalue weighted by Crippen LogP contribution is -2.35. The van der Waals surface area contributed by atoms with Crippen LogP contribution in [0.2, 0.25) is 0 Å². The van der Waals surface area contributed by atoms with Gasteiger partial charge in [-0.05, 0) is 41.5 Å². The van der Waals surface area contributed by atoms with Crippen molar-refractivity contribution in [2.75, 3.05) is 6.54 Å². The predicted molar refractivity (Wildman–Crippen MR) is 79.9 cm³/mol. The van der Waals surface area contributed by atoms with Crippen molar-refractivity contribution in [3.63, 3.8) is 0 Å². The fourth-order valence-corrected chi connectivity index (χ4v) is 3.47. The standard InChI is InChI=1S/C16H17NO2S/c18-14-4-2-1-3-12(14)5-6-16(19)17-9-7-15-13(11-17)8-10-20-15/h1-4,8,10,18H,5-7,9,11H2. The van der Waals surface area contributed by atoms with E-state index in [1.807, 2.05) is 17.0 Å². The van der Waals surface area contributed by atoms with Gasteiger partial charge in [0.2, 0.25) is 5.91 Å². The Kier molecular flexibility index (Phi) is 3.74. The third kappa shape index (κ3) is 2.70. The van der Waals surface area contributed by atoms with E-state index >= 15 is 0 Å². The van der Waals surface area contributed by atoms with Crippen molar-refractivity contribution < 1.29 is 9.90 Å². The van der Waals surface area contributed by atoms with Gasteiger partial charge in [0.25, 0.3) is 0 Å². The van der Waals surface area contributed by atoms with Crippen LogP contribution in [0.4, 0.5) is 0 Å². The smallest absolute Gasteiger partial charge is 0.223 e. The molecule has 2 heterocycles. The number of aromatic hydroxyl groups is 1. The number of benzene rings is 1. The molecule has 1 aromatic carbocycles. The van der Waals surface area contributed by atoms with Gasteiger partial charge in [0.1, 0.15) is 5.75 Å². The van der Waals surface area contributed by atoms with Crippen LogP contribution < -0.4 is 0 Å². The van der Waals surface area contributed by atoms with Crippen LogP contribution in [-0.4, -0.2) is 22.5 Å². The third-order valence-corrected chi connectivity index (χ3v) is 4.78. The fourth-order valence-electron chi connectivity index (χ4n) is 2.58. The Labute approximate surface area is 122 Å². The van der Waals surface area contributed by atoms with E-state index in [9.17, 15) is 9.90 Å². The summed E-state index contributed by atoms with van der Waals surface area (Å²) < 4.78 is 0. The summed E-state index contributed by atoms with van der Waals surface area (Å²) in [5.41, 5.74) is 2.13. The summed E-state index contributed by atoms with van der Waals surface area (Å²) in [6, 6.07) is 9.33. The molecule has 0 spiro atoms. The molecule has 1 amide bonds. The molecular weight excluding hydrogens is 270 g/mol. The number of rotatable bonds is 3. The highest BCUT2D eigenvalue weighted by molar-refractivity contribution is 7.10. The van der Waals surface area contributed by atoms with E-state index in [0.29, 0.717) is 12.8 Å². The maximum absolute atomic E-state index is 12.3. The largest absolute Gasteiger partial charge is 0.508 e. The van der Waals surface area contributed by atoms with E-state index in [-0.39, 0.29) is 11.7 Å². The Balaban J connectivity index is 1.59. The van der Waals surface area contributed by atoms with Crippen molar-refractivity contribution in [1.82, 2.24) is 4.90 Å². The Morgan fingerprint density at radius 1 is 1.30 bits per heavy atom. The first-order valence-electron chi connectivity index (χ1n) is 6.84. The zero-order valence-corrected chi connectivity index (χ0v) is 12.0. The predicted octanol–water partition coefficient (Wildman–Crippen LogP) is 2.97. The molecule has 104 valence electrons. The molecular formula is C16H17NO2S. The number of para-hydroxylation sites is 1. The molecule has 0 unspecified atom stereocenters. The van der Waals surface area contributed by atoms with Crippen molar-refractivity contribution in [2.45, 2.75) is 25.8 Å². The van der Waals surface area contributed by atoms with Crippen molar-refractivity contribution >= 4 is 17.2 Å². The topological polar surface area (TPSA) is 40.5 Å². The average molecular weight is 287 g/mol. The maximum Gasteiger partial charge on any atom is 0.223 e. The number of aryl methyl sites for hydroxylation is 1. The normalized spacial score (nSPS) is 14.1. The zero-order valence-electron chi connectivity index (χ0n) is 11.2. The monoisotopic (exact) mass is 287 g/mol. The fraction of sp³-hybridized carbons (Fsp3) is 0.312. The van der Waals surface area contributed by atoms with E-state index in [1.54, 1.807) is 23.5 Å². The lowest BCUT2D eigenvalue weighted by Gasteiger charge is -2.27. The van der Waals surface area contributed by atoms with E-state index < -0.39 is 0 Å². The van der Waals surface area contributed by atoms with E-state index in [2.05, 4.69) is 11.4 Å². The van der Waals surface area contributed by atoms with Crippen LogP contribution in [0.3, 0.4) is 0 Å². The number of fused-ring (bicyclic) bond motifs is 1. The van der Waals surface area contributed by atoms with E-state index in [1.165, 1.54) is 10.4 Å². The molecule has 1 aromatic heterocycles. The third-order valence-electron chi connectivity index (χ3n) is 3.76. The van der Waals surface area contributed by atoms with Crippen LogP contribution in [0.25, 0.3) is 0 Å². The minimum atomic E-state index is 0.171. The van der Waals surface area contributed by atoms with Crippen LogP contribution in [0, 0.1) is 0 Å². The van der Waals surface area contributed by atoms with Crippen molar-refractivity contribution in [3.05, 3.63) is 51.7 Å². The molecule has 0 atom stereocenters. The quantitative estimate of drug-likeness (QED) is 0.943. The van der Waals surface area contributed by atoms with Gasteiger partial charge in [-0.1, -0.05) is 18.2 Å². The molecule has 1 aliphatic rings. The van der Waals surface area contributed by atoms with Crippen molar-refractivity contribution in [3.8, 4) is 5.75 Å². The molecule has 1 N–H and O–H groups in total. The molecule has 1 aliphatic heterocycles. The van der Waals surface area contributed by atoms with Gasteiger partial charge in [-0.2, -0.15) is 0 Å². The average Bonchev–Trinajstić information content (AvgIpc) is 2.93. The number of phenolic OH excluding ortho intramolecular Hbond substituents is 1. The molecule has 4 heteroatoms. The molecule has 0 bridgehead atoms. The Morgan fingerprint density at radius 2 is 2.15 bits per heavy atom. The second-order valence-electron chi connectivity index (χ2n) is 5.06. The highest BCUT2D eigenvalue weighted by Gasteiger charge is 2.21. The number of phenols is 1. The summed E-state index contributed by atoms with van der Waals surface area (Å²) in [4.78, 5) is 15.6. The second-order valence-corrected chi connectivity index (χ2v) is 6.06. The first-order chi connectivity index (χ1) is 9.74. The number of nitrogens with zero attached hydrogens (tertiary/aromatic N) is 1. The highest BCUT2D eigenvalue weighted by atomic mass is 32.1. The van der Waals surface area contributed by atoms with Crippen molar-refractivity contribution in [1.29, 1.82) is 0 Å². The zero-order chi connectivity index (χ0) is 13.9. The molecule has 0 aliphatic carbocycles. The van der Waals surface area contributed by atoms with Crippen LogP contribution in [0.5, 0.6) is 5.75 Å². The number of carbonyl (C=O) groups is 1. The number of hydrogen-bond donors (Lipinski definition) is 1. The molecule has 2 aromatic rings. The number of thiophene rings is 1. The number of amides is 1. The van der Waals surface area contributed by atoms with Gasteiger partial charge in [0.15, 0.2) is 0 Å². The summed E-state index contributed by atoms with van der Waals surface area (Å²) >= 11 is 1.78. The Hall–Kier alpha value is -1.81. The maximum atomic E-state index is 12.3.